The maximum absolute atomic E-state index is 13.6. The molecule has 1 aromatic rings. The largest absolute Gasteiger partial charge is 0.466 e. The van der Waals surface area contributed by atoms with Crippen LogP contribution in [0.2, 0.25) is 0 Å². The summed E-state index contributed by atoms with van der Waals surface area (Å²) in [5, 5.41) is 0. The number of carbonyl (C=O) groups excluding carboxylic acids is 2. The molecule has 0 heterocycles. The summed E-state index contributed by atoms with van der Waals surface area (Å²) >= 11 is 0. The summed E-state index contributed by atoms with van der Waals surface area (Å²) in [6, 6.07) is 0. The predicted octanol–water partition coefficient (Wildman–Crippen LogP) is 8.62. The van der Waals surface area contributed by atoms with Crippen LogP contribution in [-0.2, 0) is 25.7 Å². The number of halogens is 5. The Hall–Kier alpha value is -2.19. The summed E-state index contributed by atoms with van der Waals surface area (Å²) in [5.41, 5.74) is -1.19. The molecule has 0 unspecified atom stereocenters. The second-order valence-corrected chi connectivity index (χ2v) is 9.38. The van der Waals surface area contributed by atoms with Crippen molar-refractivity contribution in [3.63, 3.8) is 0 Å². The van der Waals surface area contributed by atoms with E-state index in [4.69, 9.17) is 4.74 Å². The van der Waals surface area contributed by atoms with Crippen molar-refractivity contribution in [2.24, 2.45) is 0 Å². The van der Waals surface area contributed by atoms with Crippen LogP contribution in [0.1, 0.15) is 122 Å². The second kappa shape index (κ2) is 19.9. The zero-order chi connectivity index (χ0) is 27.5. The van der Waals surface area contributed by atoms with Gasteiger partial charge in [-0.25, -0.2) is 22.0 Å². The van der Waals surface area contributed by atoms with Crippen molar-refractivity contribution < 1.29 is 41.0 Å². The Kier molecular flexibility index (Phi) is 17.6. The first-order valence-electron chi connectivity index (χ1n) is 13.6. The molecule has 0 atom stereocenters. The highest BCUT2D eigenvalue weighted by molar-refractivity contribution is 5.70. The minimum absolute atomic E-state index is 0.108. The van der Waals surface area contributed by atoms with Gasteiger partial charge >= 0.3 is 11.9 Å². The molecule has 0 amide bonds. The number of hydrogen-bond donors (Lipinski definition) is 0. The van der Waals surface area contributed by atoms with Crippen LogP contribution in [0.15, 0.2) is 0 Å². The monoisotopic (exact) mass is 536 g/mol. The van der Waals surface area contributed by atoms with Crippen LogP contribution in [0.25, 0.3) is 0 Å². The number of benzene rings is 1. The topological polar surface area (TPSA) is 52.6 Å². The molecule has 0 radical (unpaired) electrons. The zero-order valence-corrected chi connectivity index (χ0v) is 22.0. The number of esters is 2. The van der Waals surface area contributed by atoms with Crippen molar-refractivity contribution in [1.29, 1.82) is 0 Å². The van der Waals surface area contributed by atoms with E-state index < -0.39 is 47.2 Å². The minimum atomic E-state index is -2.27. The molecule has 1 aromatic carbocycles. The van der Waals surface area contributed by atoms with E-state index in [0.717, 1.165) is 19.3 Å². The van der Waals surface area contributed by atoms with Gasteiger partial charge in [-0.05, 0) is 19.3 Å². The smallest absolute Gasteiger partial charge is 0.306 e. The first-order chi connectivity index (χ1) is 17.8. The lowest BCUT2D eigenvalue weighted by Crippen LogP contribution is -2.11. The summed E-state index contributed by atoms with van der Waals surface area (Å²) < 4.78 is 76.3. The normalized spacial score (nSPS) is 11.1. The average Bonchev–Trinajstić information content (AvgIpc) is 2.88. The molecule has 9 heteroatoms. The van der Waals surface area contributed by atoms with Crippen LogP contribution in [0.4, 0.5) is 22.0 Å². The van der Waals surface area contributed by atoms with Crippen LogP contribution >= 0.6 is 0 Å². The summed E-state index contributed by atoms with van der Waals surface area (Å²) in [5.74, 6) is -11.6. The number of carbonyl (C=O) groups is 2. The van der Waals surface area contributed by atoms with E-state index in [9.17, 15) is 31.5 Å². The Morgan fingerprint density at radius 2 is 0.892 bits per heavy atom. The summed E-state index contributed by atoms with van der Waals surface area (Å²) in [7, 11) is 0. The molecule has 0 aliphatic carbocycles. The highest BCUT2D eigenvalue weighted by Gasteiger charge is 2.26. The summed E-state index contributed by atoms with van der Waals surface area (Å²) in [6.07, 6.45) is 16.3. The SMILES string of the molecule is CCCCCCCCCCCCCCOC(=O)CCCCCC(=O)OCc1c(F)c(F)c(F)c(F)c1F. The van der Waals surface area contributed by atoms with Gasteiger partial charge < -0.3 is 9.47 Å². The average molecular weight is 537 g/mol. The maximum Gasteiger partial charge on any atom is 0.306 e. The molecule has 0 spiro atoms. The molecule has 0 aromatic heterocycles. The maximum atomic E-state index is 13.6. The number of ether oxygens (including phenoxy) is 2. The van der Waals surface area contributed by atoms with E-state index in [1.165, 1.54) is 57.8 Å². The Morgan fingerprint density at radius 1 is 0.514 bits per heavy atom. The van der Waals surface area contributed by atoms with Crippen molar-refractivity contribution in [3.05, 3.63) is 34.6 Å². The molecular formula is C28H41F5O4. The molecular weight excluding hydrogens is 495 g/mol. The Labute approximate surface area is 217 Å². The van der Waals surface area contributed by atoms with Gasteiger partial charge in [0, 0.05) is 12.8 Å². The molecule has 1 rings (SSSR count). The van der Waals surface area contributed by atoms with Gasteiger partial charge in [-0.2, -0.15) is 0 Å². The van der Waals surface area contributed by atoms with E-state index in [2.05, 4.69) is 11.7 Å². The van der Waals surface area contributed by atoms with Crippen molar-refractivity contribution in [3.8, 4) is 0 Å². The standard InChI is InChI=1S/C28H41F5O4/c1-2-3-4-5-6-7-8-9-10-11-12-16-19-36-22(34)17-14-13-15-18-23(35)37-20-21-24(29)26(31)28(33)27(32)25(21)30/h2-20H2,1H3. The highest BCUT2D eigenvalue weighted by atomic mass is 19.2. The highest BCUT2D eigenvalue weighted by Crippen LogP contribution is 2.23. The lowest BCUT2D eigenvalue weighted by molar-refractivity contribution is -0.145. The van der Waals surface area contributed by atoms with Crippen molar-refractivity contribution >= 4 is 11.9 Å². The fourth-order valence-electron chi connectivity index (χ4n) is 3.92. The van der Waals surface area contributed by atoms with Crippen LogP contribution in [0.3, 0.4) is 0 Å². The third kappa shape index (κ3) is 13.8. The zero-order valence-electron chi connectivity index (χ0n) is 22.0. The predicted molar refractivity (Wildman–Crippen MR) is 131 cm³/mol. The van der Waals surface area contributed by atoms with E-state index in [0.29, 0.717) is 25.9 Å². The molecule has 4 nitrogen and oxygen atoms in total. The number of unbranched alkanes of at least 4 members (excludes halogenated alkanes) is 13. The molecule has 0 saturated carbocycles. The fourth-order valence-corrected chi connectivity index (χ4v) is 3.92. The summed E-state index contributed by atoms with van der Waals surface area (Å²) in [4.78, 5) is 23.5. The Balaban J connectivity index is 1.99. The minimum Gasteiger partial charge on any atom is -0.466 e. The van der Waals surface area contributed by atoms with Gasteiger partial charge in [-0.3, -0.25) is 9.59 Å². The van der Waals surface area contributed by atoms with Crippen LogP contribution < -0.4 is 0 Å². The second-order valence-electron chi connectivity index (χ2n) is 9.38. The number of hydrogen-bond acceptors (Lipinski definition) is 4. The fraction of sp³-hybridized carbons (Fsp3) is 0.714. The third-order valence-corrected chi connectivity index (χ3v) is 6.20. The third-order valence-electron chi connectivity index (χ3n) is 6.20. The molecule has 0 fully saturated rings. The van der Waals surface area contributed by atoms with Gasteiger partial charge in [-0.1, -0.05) is 84.0 Å². The first-order valence-corrected chi connectivity index (χ1v) is 13.6. The lowest BCUT2D eigenvalue weighted by atomic mass is 10.1. The quantitative estimate of drug-likeness (QED) is 0.0519. The van der Waals surface area contributed by atoms with Crippen molar-refractivity contribution in [1.82, 2.24) is 0 Å². The molecule has 0 bridgehead atoms. The molecule has 0 aliphatic heterocycles. The van der Waals surface area contributed by atoms with Gasteiger partial charge in [0.05, 0.1) is 12.2 Å². The summed E-state index contributed by atoms with van der Waals surface area (Å²) in [6.45, 7) is 1.57. The van der Waals surface area contributed by atoms with Gasteiger partial charge in [0.1, 0.15) is 6.61 Å². The molecule has 0 N–H and O–H groups in total. The first kappa shape index (κ1) is 32.8. The lowest BCUT2D eigenvalue weighted by Gasteiger charge is -2.09. The van der Waals surface area contributed by atoms with E-state index >= 15 is 0 Å². The Bertz CT molecular complexity index is 787. The van der Waals surface area contributed by atoms with Crippen LogP contribution in [-0.4, -0.2) is 18.5 Å². The van der Waals surface area contributed by atoms with Gasteiger partial charge in [0.15, 0.2) is 23.3 Å². The van der Waals surface area contributed by atoms with Gasteiger partial charge in [-0.15, -0.1) is 0 Å². The Morgan fingerprint density at radius 3 is 1.38 bits per heavy atom. The van der Waals surface area contributed by atoms with E-state index in [1.54, 1.807) is 0 Å². The molecule has 212 valence electrons. The molecule has 37 heavy (non-hydrogen) atoms. The van der Waals surface area contributed by atoms with E-state index in [-0.39, 0.29) is 18.8 Å². The van der Waals surface area contributed by atoms with Crippen LogP contribution in [0, 0.1) is 29.1 Å². The van der Waals surface area contributed by atoms with Gasteiger partial charge in [0.2, 0.25) is 5.82 Å². The van der Waals surface area contributed by atoms with Crippen molar-refractivity contribution in [2.45, 2.75) is 123 Å². The number of rotatable bonds is 21. The molecule has 0 saturated heterocycles. The van der Waals surface area contributed by atoms with Gasteiger partial charge in [0.25, 0.3) is 0 Å². The van der Waals surface area contributed by atoms with E-state index in [1.807, 2.05) is 0 Å². The molecule has 0 aliphatic rings. The van der Waals surface area contributed by atoms with Crippen molar-refractivity contribution in [2.75, 3.05) is 6.61 Å². The van der Waals surface area contributed by atoms with Crippen LogP contribution in [0.5, 0.6) is 0 Å².